The summed E-state index contributed by atoms with van der Waals surface area (Å²) in [4.78, 5) is 26.7. The first kappa shape index (κ1) is 15.8. The van der Waals surface area contributed by atoms with Gasteiger partial charge in [-0.05, 0) is 46.0 Å². The predicted molar refractivity (Wildman–Crippen MR) is 74.1 cm³/mol. The van der Waals surface area contributed by atoms with Crippen LogP contribution in [-0.4, -0.2) is 52.1 Å². The van der Waals surface area contributed by atoms with Gasteiger partial charge in [0.25, 0.3) is 0 Å². The number of rotatable bonds is 2. The molecule has 1 aliphatic heterocycles. The van der Waals surface area contributed by atoms with Crippen LogP contribution in [0.5, 0.6) is 0 Å². The van der Waals surface area contributed by atoms with Crippen LogP contribution in [0, 0.1) is 5.92 Å². The van der Waals surface area contributed by atoms with Crippen molar-refractivity contribution < 1.29 is 14.7 Å². The summed E-state index contributed by atoms with van der Waals surface area (Å²) in [6.45, 7) is 9.03. The molecule has 0 aromatic rings. The molecule has 0 aromatic heterocycles. The Labute approximate surface area is 115 Å². The van der Waals surface area contributed by atoms with E-state index in [0.717, 1.165) is 32.4 Å². The van der Waals surface area contributed by atoms with Crippen molar-refractivity contribution in [3.05, 3.63) is 0 Å². The lowest BCUT2D eigenvalue weighted by atomic mass is 10.0. The number of amides is 2. The minimum atomic E-state index is -0.966. The number of carbonyl (C=O) groups is 2. The van der Waals surface area contributed by atoms with Gasteiger partial charge in [-0.3, -0.25) is 4.79 Å². The first-order chi connectivity index (χ1) is 8.71. The standard InChI is InChI=1S/C14H26N2O3/c1-11-6-5-8-15(9-7-11)13(19)16(10-12(17)18)14(2,3)4/h11H,5-10H2,1-4H3,(H,17,18). The Bertz CT molecular complexity index is 336. The minimum absolute atomic E-state index is 0.149. The summed E-state index contributed by atoms with van der Waals surface area (Å²) in [5.74, 6) is -0.327. The Morgan fingerprint density at radius 3 is 2.42 bits per heavy atom. The number of carboxylic acids is 1. The maximum absolute atomic E-state index is 12.5. The lowest BCUT2D eigenvalue weighted by Gasteiger charge is -2.38. The number of likely N-dealkylation sites (tertiary alicyclic amines) is 1. The van der Waals surface area contributed by atoms with E-state index in [1.54, 1.807) is 4.90 Å². The molecule has 5 heteroatoms. The van der Waals surface area contributed by atoms with Crippen molar-refractivity contribution in [1.82, 2.24) is 9.80 Å². The Morgan fingerprint density at radius 1 is 1.26 bits per heavy atom. The van der Waals surface area contributed by atoms with Crippen molar-refractivity contribution in [3.8, 4) is 0 Å². The molecule has 0 saturated carbocycles. The van der Waals surface area contributed by atoms with Crippen LogP contribution in [-0.2, 0) is 4.79 Å². The molecule has 1 aliphatic rings. The lowest BCUT2D eigenvalue weighted by molar-refractivity contribution is -0.138. The van der Waals surface area contributed by atoms with E-state index in [-0.39, 0.29) is 12.6 Å². The summed E-state index contributed by atoms with van der Waals surface area (Å²) < 4.78 is 0. The van der Waals surface area contributed by atoms with Gasteiger partial charge in [0.2, 0.25) is 0 Å². The van der Waals surface area contributed by atoms with Crippen molar-refractivity contribution in [2.45, 2.75) is 52.5 Å². The number of carboxylic acid groups (broad SMARTS) is 1. The summed E-state index contributed by atoms with van der Waals surface area (Å²) in [5, 5.41) is 8.98. The van der Waals surface area contributed by atoms with Gasteiger partial charge in [0, 0.05) is 18.6 Å². The Balaban J connectivity index is 2.78. The zero-order chi connectivity index (χ0) is 14.6. The molecule has 1 N–H and O–H groups in total. The molecule has 19 heavy (non-hydrogen) atoms. The highest BCUT2D eigenvalue weighted by atomic mass is 16.4. The quantitative estimate of drug-likeness (QED) is 0.838. The third-order valence-electron chi connectivity index (χ3n) is 3.62. The van der Waals surface area contributed by atoms with Crippen molar-refractivity contribution >= 4 is 12.0 Å². The molecular formula is C14H26N2O3. The van der Waals surface area contributed by atoms with Crippen LogP contribution >= 0.6 is 0 Å². The summed E-state index contributed by atoms with van der Waals surface area (Å²) in [6, 6.07) is -0.149. The third-order valence-corrected chi connectivity index (χ3v) is 3.62. The fraction of sp³-hybridized carbons (Fsp3) is 0.857. The van der Waals surface area contributed by atoms with Gasteiger partial charge in [0.15, 0.2) is 0 Å². The van der Waals surface area contributed by atoms with Crippen LogP contribution in [0.25, 0.3) is 0 Å². The number of urea groups is 1. The second-order valence-electron chi connectivity index (χ2n) is 6.46. The molecule has 1 rings (SSSR count). The molecule has 0 radical (unpaired) electrons. The lowest BCUT2D eigenvalue weighted by Crippen LogP contribution is -2.53. The molecule has 2 amide bonds. The average molecular weight is 270 g/mol. The highest BCUT2D eigenvalue weighted by Crippen LogP contribution is 2.20. The molecule has 1 saturated heterocycles. The molecule has 1 heterocycles. The van der Waals surface area contributed by atoms with Crippen molar-refractivity contribution in [2.75, 3.05) is 19.6 Å². The Kier molecular flexibility index (Phi) is 5.20. The first-order valence-corrected chi connectivity index (χ1v) is 7.00. The number of hydrogen-bond donors (Lipinski definition) is 1. The van der Waals surface area contributed by atoms with Gasteiger partial charge < -0.3 is 14.9 Å². The van der Waals surface area contributed by atoms with Gasteiger partial charge >= 0.3 is 12.0 Å². The molecule has 1 fully saturated rings. The Hall–Kier alpha value is -1.26. The molecule has 110 valence electrons. The first-order valence-electron chi connectivity index (χ1n) is 7.00. The van der Waals surface area contributed by atoms with E-state index >= 15 is 0 Å². The topological polar surface area (TPSA) is 60.9 Å². The normalized spacial score (nSPS) is 20.8. The van der Waals surface area contributed by atoms with Gasteiger partial charge in [-0.25, -0.2) is 4.79 Å². The van der Waals surface area contributed by atoms with Crippen LogP contribution in [0.2, 0.25) is 0 Å². The summed E-state index contributed by atoms with van der Waals surface area (Å²) in [7, 11) is 0. The van der Waals surface area contributed by atoms with Gasteiger partial charge in [-0.2, -0.15) is 0 Å². The zero-order valence-corrected chi connectivity index (χ0v) is 12.5. The number of aliphatic carboxylic acids is 1. The number of nitrogens with zero attached hydrogens (tertiary/aromatic N) is 2. The molecule has 1 unspecified atom stereocenters. The smallest absolute Gasteiger partial charge is 0.323 e. The summed E-state index contributed by atoms with van der Waals surface area (Å²) in [5.41, 5.74) is -0.479. The summed E-state index contributed by atoms with van der Waals surface area (Å²) in [6.07, 6.45) is 3.13. The van der Waals surface area contributed by atoms with Crippen LogP contribution in [0.15, 0.2) is 0 Å². The molecule has 1 atom stereocenters. The second kappa shape index (κ2) is 6.26. The fourth-order valence-corrected chi connectivity index (χ4v) is 2.35. The van der Waals surface area contributed by atoms with Gasteiger partial charge in [0.1, 0.15) is 6.54 Å². The van der Waals surface area contributed by atoms with Crippen LogP contribution in [0.3, 0.4) is 0 Å². The SMILES string of the molecule is CC1CCCN(C(=O)N(CC(=O)O)C(C)(C)C)CC1. The van der Waals surface area contributed by atoms with E-state index in [1.165, 1.54) is 4.90 Å². The molecule has 0 aliphatic carbocycles. The van der Waals surface area contributed by atoms with Crippen molar-refractivity contribution in [1.29, 1.82) is 0 Å². The molecule has 0 spiro atoms. The average Bonchev–Trinajstić information content (AvgIpc) is 2.48. The van der Waals surface area contributed by atoms with Gasteiger partial charge in [-0.1, -0.05) is 6.92 Å². The van der Waals surface area contributed by atoms with E-state index in [9.17, 15) is 9.59 Å². The fourth-order valence-electron chi connectivity index (χ4n) is 2.35. The maximum Gasteiger partial charge on any atom is 0.323 e. The highest BCUT2D eigenvalue weighted by Gasteiger charge is 2.32. The van der Waals surface area contributed by atoms with E-state index < -0.39 is 11.5 Å². The number of hydrogen-bond acceptors (Lipinski definition) is 2. The van der Waals surface area contributed by atoms with Crippen LogP contribution < -0.4 is 0 Å². The highest BCUT2D eigenvalue weighted by molar-refractivity contribution is 5.80. The van der Waals surface area contributed by atoms with Crippen LogP contribution in [0.1, 0.15) is 47.0 Å². The minimum Gasteiger partial charge on any atom is -0.480 e. The predicted octanol–water partition coefficient (Wildman–Crippen LogP) is 2.41. The number of carbonyl (C=O) groups excluding carboxylic acids is 1. The van der Waals surface area contributed by atoms with E-state index in [4.69, 9.17) is 5.11 Å². The molecular weight excluding hydrogens is 244 g/mol. The summed E-state index contributed by atoms with van der Waals surface area (Å²) >= 11 is 0. The molecule has 0 aromatic carbocycles. The third kappa shape index (κ3) is 4.73. The Morgan fingerprint density at radius 2 is 1.89 bits per heavy atom. The van der Waals surface area contributed by atoms with Crippen LogP contribution in [0.4, 0.5) is 4.79 Å². The van der Waals surface area contributed by atoms with Crippen molar-refractivity contribution in [3.63, 3.8) is 0 Å². The molecule has 0 bridgehead atoms. The van der Waals surface area contributed by atoms with Gasteiger partial charge in [0.05, 0.1) is 0 Å². The zero-order valence-electron chi connectivity index (χ0n) is 12.5. The maximum atomic E-state index is 12.5. The molecule has 5 nitrogen and oxygen atoms in total. The van der Waals surface area contributed by atoms with E-state index in [2.05, 4.69) is 6.92 Å². The largest absolute Gasteiger partial charge is 0.480 e. The van der Waals surface area contributed by atoms with Gasteiger partial charge in [-0.15, -0.1) is 0 Å². The van der Waals surface area contributed by atoms with E-state index in [1.807, 2.05) is 20.8 Å². The second-order valence-corrected chi connectivity index (χ2v) is 6.46. The monoisotopic (exact) mass is 270 g/mol. The van der Waals surface area contributed by atoms with E-state index in [0.29, 0.717) is 5.92 Å². The van der Waals surface area contributed by atoms with Crippen molar-refractivity contribution in [2.24, 2.45) is 5.92 Å².